The van der Waals surface area contributed by atoms with Gasteiger partial charge in [-0.1, -0.05) is 0 Å². The van der Waals surface area contributed by atoms with Crippen LogP contribution in [0.1, 0.15) is 35.0 Å². The van der Waals surface area contributed by atoms with E-state index in [-0.39, 0.29) is 17.2 Å². The Morgan fingerprint density at radius 1 is 1.57 bits per heavy atom. The highest BCUT2D eigenvalue weighted by molar-refractivity contribution is 7.18. The van der Waals surface area contributed by atoms with E-state index < -0.39 is 5.97 Å². The lowest BCUT2D eigenvalue weighted by atomic mass is 10.2. The molecule has 6 nitrogen and oxygen atoms in total. The number of rotatable bonds is 8. The van der Waals surface area contributed by atoms with E-state index in [1.54, 1.807) is 6.92 Å². The molecule has 0 aromatic carbocycles. The number of hydrogen-bond donors (Lipinski definition) is 2. The van der Waals surface area contributed by atoms with Crippen molar-refractivity contribution in [1.29, 1.82) is 5.26 Å². The molecule has 0 unspecified atom stereocenters. The van der Waals surface area contributed by atoms with E-state index in [2.05, 4.69) is 5.32 Å². The number of nitrogens with one attached hydrogen (secondary N) is 1. The Kier molecular flexibility index (Phi) is 5.42. The number of nitrogens with zero attached hydrogens (tertiary/aromatic N) is 1. The molecule has 0 radical (unpaired) electrons. The van der Waals surface area contributed by atoms with Gasteiger partial charge in [-0.25, -0.2) is 4.79 Å². The number of anilines is 2. The van der Waals surface area contributed by atoms with Crippen LogP contribution in [-0.2, 0) is 9.47 Å². The molecule has 0 aliphatic heterocycles. The first-order valence-corrected chi connectivity index (χ1v) is 7.80. The van der Waals surface area contributed by atoms with Crippen LogP contribution < -0.4 is 11.1 Å². The average molecular weight is 309 g/mol. The smallest absolute Gasteiger partial charge is 0.350 e. The lowest BCUT2D eigenvalue weighted by molar-refractivity contribution is 0.0533. The Hall–Kier alpha value is -1.78. The first-order valence-electron chi connectivity index (χ1n) is 6.98. The Bertz CT molecular complexity index is 546. The van der Waals surface area contributed by atoms with Crippen LogP contribution in [0.25, 0.3) is 0 Å². The third-order valence-electron chi connectivity index (χ3n) is 3.10. The molecule has 1 aliphatic rings. The molecular weight excluding hydrogens is 290 g/mol. The van der Waals surface area contributed by atoms with E-state index in [0.717, 1.165) is 23.9 Å². The number of nitrogens with two attached hydrogens (primary N) is 1. The van der Waals surface area contributed by atoms with Crippen molar-refractivity contribution in [2.24, 2.45) is 5.92 Å². The van der Waals surface area contributed by atoms with Gasteiger partial charge in [-0.2, -0.15) is 5.26 Å². The van der Waals surface area contributed by atoms with E-state index in [1.165, 1.54) is 12.8 Å². The second kappa shape index (κ2) is 7.29. The van der Waals surface area contributed by atoms with Crippen molar-refractivity contribution < 1.29 is 14.3 Å². The van der Waals surface area contributed by atoms with E-state index in [4.69, 9.17) is 20.5 Å². The molecule has 1 aliphatic carbocycles. The summed E-state index contributed by atoms with van der Waals surface area (Å²) in [5, 5.41) is 12.9. The van der Waals surface area contributed by atoms with Crippen molar-refractivity contribution >= 4 is 28.0 Å². The second-order valence-electron chi connectivity index (χ2n) is 4.83. The minimum atomic E-state index is -0.491. The van der Waals surface area contributed by atoms with Gasteiger partial charge in [0.1, 0.15) is 21.5 Å². The second-order valence-corrected chi connectivity index (χ2v) is 5.85. The van der Waals surface area contributed by atoms with E-state index >= 15 is 0 Å². The number of carbonyl (C=O) groups excluding carboxylic acids is 1. The molecule has 0 atom stereocenters. The fourth-order valence-corrected chi connectivity index (χ4v) is 2.79. The average Bonchev–Trinajstić information content (AvgIpc) is 3.22. The number of nitrogen functional groups attached to an aromatic ring is 1. The first-order chi connectivity index (χ1) is 10.2. The van der Waals surface area contributed by atoms with Gasteiger partial charge in [0.2, 0.25) is 0 Å². The molecule has 0 amide bonds. The summed E-state index contributed by atoms with van der Waals surface area (Å²) in [5.74, 6) is 0.238. The summed E-state index contributed by atoms with van der Waals surface area (Å²) >= 11 is 1.15. The van der Waals surface area contributed by atoms with Crippen LogP contribution in [0, 0.1) is 17.2 Å². The number of carbonyl (C=O) groups is 1. The fraction of sp³-hybridized carbons (Fsp3) is 0.571. The summed E-state index contributed by atoms with van der Waals surface area (Å²) < 4.78 is 10.4. The largest absolute Gasteiger partial charge is 0.462 e. The van der Waals surface area contributed by atoms with Gasteiger partial charge in [-0.3, -0.25) is 0 Å². The highest BCUT2D eigenvalue weighted by Crippen LogP contribution is 2.35. The molecular formula is C14H19N3O3S. The van der Waals surface area contributed by atoms with Gasteiger partial charge < -0.3 is 20.5 Å². The highest BCUT2D eigenvalue weighted by atomic mass is 32.1. The maximum Gasteiger partial charge on any atom is 0.350 e. The summed E-state index contributed by atoms with van der Waals surface area (Å²) in [6.07, 6.45) is 2.52. The van der Waals surface area contributed by atoms with Crippen molar-refractivity contribution in [3.05, 3.63) is 10.4 Å². The number of nitriles is 1. The molecule has 0 bridgehead atoms. The van der Waals surface area contributed by atoms with Crippen molar-refractivity contribution in [2.75, 3.05) is 37.4 Å². The van der Waals surface area contributed by atoms with Crippen LogP contribution in [0.2, 0.25) is 0 Å². The van der Waals surface area contributed by atoms with Crippen LogP contribution in [0.3, 0.4) is 0 Å². The Labute approximate surface area is 127 Å². The molecule has 1 aromatic heterocycles. The van der Waals surface area contributed by atoms with Crippen molar-refractivity contribution in [2.45, 2.75) is 19.8 Å². The van der Waals surface area contributed by atoms with E-state index in [0.29, 0.717) is 23.7 Å². The minimum Gasteiger partial charge on any atom is -0.462 e. The van der Waals surface area contributed by atoms with Gasteiger partial charge in [-0.15, -0.1) is 11.3 Å². The maximum absolute atomic E-state index is 11.8. The van der Waals surface area contributed by atoms with Crippen molar-refractivity contribution in [3.8, 4) is 6.07 Å². The number of hydrogen-bond acceptors (Lipinski definition) is 7. The summed E-state index contributed by atoms with van der Waals surface area (Å²) in [5.41, 5.74) is 6.32. The first kappa shape index (κ1) is 15.6. The molecule has 3 N–H and O–H groups in total. The van der Waals surface area contributed by atoms with E-state index in [9.17, 15) is 4.79 Å². The fourth-order valence-electron chi connectivity index (χ4n) is 1.80. The normalized spacial score (nSPS) is 13.7. The standard InChI is InChI=1S/C14H19N3O3S/c1-2-20-14(18)12-11(16)10(7-15)13(21-12)17-5-6-19-8-9-3-4-9/h9,17H,2-6,8,16H2,1H3. The third-order valence-corrected chi connectivity index (χ3v) is 4.24. The Morgan fingerprint density at radius 3 is 2.95 bits per heavy atom. The summed E-state index contributed by atoms with van der Waals surface area (Å²) in [7, 11) is 0. The summed E-state index contributed by atoms with van der Waals surface area (Å²) in [4.78, 5) is 12.0. The Morgan fingerprint density at radius 2 is 2.33 bits per heavy atom. The predicted octanol–water partition coefficient (Wildman–Crippen LogP) is 2.22. The van der Waals surface area contributed by atoms with Gasteiger partial charge in [0, 0.05) is 13.2 Å². The molecule has 114 valence electrons. The lowest BCUT2D eigenvalue weighted by Crippen LogP contribution is -2.10. The quantitative estimate of drug-likeness (QED) is 0.564. The lowest BCUT2D eigenvalue weighted by Gasteiger charge is -2.05. The molecule has 21 heavy (non-hydrogen) atoms. The number of esters is 1. The zero-order valence-corrected chi connectivity index (χ0v) is 12.8. The molecule has 1 heterocycles. The Balaban J connectivity index is 1.92. The molecule has 7 heteroatoms. The topological polar surface area (TPSA) is 97.4 Å². The predicted molar refractivity (Wildman–Crippen MR) is 81.4 cm³/mol. The van der Waals surface area contributed by atoms with Gasteiger partial charge in [0.05, 0.1) is 18.9 Å². The van der Waals surface area contributed by atoms with E-state index in [1.807, 2.05) is 6.07 Å². The third kappa shape index (κ3) is 4.09. The van der Waals surface area contributed by atoms with Gasteiger partial charge >= 0.3 is 5.97 Å². The van der Waals surface area contributed by atoms with Crippen LogP contribution >= 0.6 is 11.3 Å². The monoisotopic (exact) mass is 309 g/mol. The number of ether oxygens (including phenoxy) is 2. The molecule has 1 fully saturated rings. The minimum absolute atomic E-state index is 0.183. The summed E-state index contributed by atoms with van der Waals surface area (Å²) in [6.45, 7) is 3.93. The van der Waals surface area contributed by atoms with Gasteiger partial charge in [0.25, 0.3) is 0 Å². The molecule has 2 rings (SSSR count). The molecule has 1 saturated carbocycles. The zero-order chi connectivity index (χ0) is 15.2. The van der Waals surface area contributed by atoms with Crippen molar-refractivity contribution in [1.82, 2.24) is 0 Å². The SMILES string of the molecule is CCOC(=O)c1sc(NCCOCC2CC2)c(C#N)c1N. The number of thiophene rings is 1. The molecule has 0 saturated heterocycles. The van der Waals surface area contributed by atoms with Crippen LogP contribution in [0.15, 0.2) is 0 Å². The van der Waals surface area contributed by atoms with Crippen molar-refractivity contribution in [3.63, 3.8) is 0 Å². The zero-order valence-electron chi connectivity index (χ0n) is 12.0. The van der Waals surface area contributed by atoms with Gasteiger partial charge in [-0.05, 0) is 25.7 Å². The highest BCUT2D eigenvalue weighted by Gasteiger charge is 2.22. The maximum atomic E-state index is 11.8. The van der Waals surface area contributed by atoms with Crippen LogP contribution in [0.4, 0.5) is 10.7 Å². The molecule has 0 spiro atoms. The van der Waals surface area contributed by atoms with Crippen LogP contribution in [-0.4, -0.2) is 32.3 Å². The summed E-state index contributed by atoms with van der Waals surface area (Å²) in [6, 6.07) is 2.02. The molecule has 1 aromatic rings. The van der Waals surface area contributed by atoms with Crippen LogP contribution in [0.5, 0.6) is 0 Å². The van der Waals surface area contributed by atoms with Gasteiger partial charge in [0.15, 0.2) is 0 Å².